The number of ketones is 4. The lowest BCUT2D eigenvalue weighted by Gasteiger charge is -2.29. The van der Waals surface area contributed by atoms with Crippen LogP contribution in [0.2, 0.25) is 0 Å². The van der Waals surface area contributed by atoms with Crippen molar-refractivity contribution in [2.75, 3.05) is 13.1 Å². The van der Waals surface area contributed by atoms with Crippen LogP contribution in [0.1, 0.15) is 139 Å². The first-order valence-electron chi connectivity index (χ1n) is 16.5. The average Bonchev–Trinajstić information content (AvgIpc) is 3.50. The fraction of sp³-hybridized carbons (Fsp3) is 0.421. The highest BCUT2D eigenvalue weighted by atomic mass is 16.6. The summed E-state index contributed by atoms with van der Waals surface area (Å²) in [5.41, 5.74) is -2.57. The Bertz CT molecular complexity index is 2010. The van der Waals surface area contributed by atoms with Crippen LogP contribution in [0, 0.1) is 0 Å². The lowest BCUT2D eigenvalue weighted by atomic mass is 9.71. The molecule has 0 radical (unpaired) electrons. The van der Waals surface area contributed by atoms with Crippen molar-refractivity contribution in [1.82, 2.24) is 4.90 Å². The van der Waals surface area contributed by atoms with Gasteiger partial charge in [-0.25, -0.2) is 4.79 Å². The van der Waals surface area contributed by atoms with Crippen LogP contribution in [0.25, 0.3) is 0 Å². The van der Waals surface area contributed by atoms with Crippen molar-refractivity contribution in [3.8, 4) is 23.0 Å². The minimum Gasteiger partial charge on any atom is -0.504 e. The number of aromatic hydroxyl groups is 4. The highest BCUT2D eigenvalue weighted by Gasteiger charge is 2.44. The molecule has 1 saturated heterocycles. The van der Waals surface area contributed by atoms with Crippen LogP contribution >= 0.6 is 0 Å². The molecular weight excluding hydrogens is 644 g/mol. The summed E-state index contributed by atoms with van der Waals surface area (Å²) in [4.78, 5) is 75.7. The smallest absolute Gasteiger partial charge is 0.410 e. The summed E-state index contributed by atoms with van der Waals surface area (Å²) in [7, 11) is 0. The summed E-state index contributed by atoms with van der Waals surface area (Å²) in [5.74, 6) is -6.42. The van der Waals surface area contributed by atoms with Crippen molar-refractivity contribution >= 4 is 35.4 Å². The SMILES string of the molecule is CC1=C(C2=C(C)C(=O)c3c(c(/C=N/C4CCN(C(=O)OC(C)(C)C)C4)c(O)c(O)c3C(C)C)C2=O)C(=O)c2cc(O)c(O)c(C(C)C)c2C1=O. The molecule has 0 aromatic heterocycles. The summed E-state index contributed by atoms with van der Waals surface area (Å²) in [5, 5.41) is 43.6. The van der Waals surface area contributed by atoms with Gasteiger partial charge in [0.2, 0.25) is 0 Å². The minimum atomic E-state index is -0.844. The van der Waals surface area contributed by atoms with Crippen molar-refractivity contribution in [3.05, 3.63) is 67.3 Å². The normalized spacial score (nSPS) is 18.3. The number of ether oxygens (including phenoxy) is 1. The fourth-order valence-corrected chi connectivity index (χ4v) is 6.93. The first-order chi connectivity index (χ1) is 23.2. The molecule has 1 fully saturated rings. The van der Waals surface area contributed by atoms with E-state index >= 15 is 0 Å². The summed E-state index contributed by atoms with van der Waals surface area (Å²) < 4.78 is 5.45. The number of aliphatic imine (C=N–C) groups is 1. The van der Waals surface area contributed by atoms with Gasteiger partial charge < -0.3 is 30.1 Å². The first kappa shape index (κ1) is 36.0. The maximum atomic E-state index is 14.7. The number of benzene rings is 2. The van der Waals surface area contributed by atoms with E-state index in [0.717, 1.165) is 6.07 Å². The molecule has 1 amide bonds. The maximum Gasteiger partial charge on any atom is 0.410 e. The van der Waals surface area contributed by atoms with E-state index in [4.69, 9.17) is 4.74 Å². The van der Waals surface area contributed by atoms with Crippen LogP contribution in [0.5, 0.6) is 23.0 Å². The van der Waals surface area contributed by atoms with Crippen molar-refractivity contribution in [2.45, 2.75) is 92.2 Å². The van der Waals surface area contributed by atoms with Gasteiger partial charge in [0.25, 0.3) is 0 Å². The Morgan fingerprint density at radius 2 is 1.36 bits per heavy atom. The molecule has 5 rings (SSSR count). The summed E-state index contributed by atoms with van der Waals surface area (Å²) in [6.07, 6.45) is 1.11. The number of fused-ring (bicyclic) bond motifs is 2. The molecule has 2 aromatic carbocycles. The van der Waals surface area contributed by atoms with E-state index in [9.17, 15) is 44.4 Å². The van der Waals surface area contributed by atoms with Gasteiger partial charge in [0.05, 0.1) is 6.04 Å². The number of allylic oxidation sites excluding steroid dienone is 4. The zero-order chi connectivity index (χ0) is 37.3. The highest BCUT2D eigenvalue weighted by Crippen LogP contribution is 2.48. The summed E-state index contributed by atoms with van der Waals surface area (Å²) in [6.45, 7) is 15.2. The molecule has 1 heterocycles. The molecule has 0 saturated carbocycles. The van der Waals surface area contributed by atoms with E-state index in [1.54, 1.807) is 48.5 Å². The third-order valence-corrected chi connectivity index (χ3v) is 9.29. The van der Waals surface area contributed by atoms with Crippen LogP contribution < -0.4 is 0 Å². The lowest BCUT2D eigenvalue weighted by Crippen LogP contribution is -2.35. The Hall–Kier alpha value is -5.26. The van der Waals surface area contributed by atoms with Gasteiger partial charge in [0.1, 0.15) is 5.60 Å². The standard InChI is InChI=1S/C38H42N2O10/c1-15(2)23-27-20(12-22(41)34(23)46)32(44)25(17(5)30(27)42)26-18(6)31(43)29-24(16(3)4)36(48)33(45)21(28(29)35(26)47)13-39-19-10-11-40(14-19)37(49)50-38(7,8)9/h12-13,15-16,19,41,45-46,48H,10-11,14H2,1-9H3/b39-13+. The lowest BCUT2D eigenvalue weighted by molar-refractivity contribution is 0.0292. The number of nitrogens with zero attached hydrogens (tertiary/aromatic N) is 2. The molecule has 1 unspecified atom stereocenters. The van der Waals surface area contributed by atoms with Gasteiger partial charge in [-0.05, 0) is 58.9 Å². The molecule has 4 N–H and O–H groups in total. The molecule has 50 heavy (non-hydrogen) atoms. The molecule has 264 valence electrons. The molecule has 2 aliphatic carbocycles. The Labute approximate surface area is 289 Å². The van der Waals surface area contributed by atoms with Gasteiger partial charge in [-0.15, -0.1) is 0 Å². The predicted molar refractivity (Wildman–Crippen MR) is 184 cm³/mol. The van der Waals surface area contributed by atoms with Crippen molar-refractivity contribution in [3.63, 3.8) is 0 Å². The molecule has 2 aromatic rings. The molecular formula is C38H42N2O10. The van der Waals surface area contributed by atoms with Crippen molar-refractivity contribution in [2.24, 2.45) is 4.99 Å². The van der Waals surface area contributed by atoms with E-state index in [1.807, 2.05) is 0 Å². The fourth-order valence-electron chi connectivity index (χ4n) is 6.93. The van der Waals surface area contributed by atoms with Gasteiger partial charge in [0, 0.05) is 80.5 Å². The second-order valence-electron chi connectivity index (χ2n) is 14.6. The Kier molecular flexibility index (Phi) is 9.06. The van der Waals surface area contributed by atoms with E-state index in [-0.39, 0.29) is 67.8 Å². The largest absolute Gasteiger partial charge is 0.504 e. The number of amides is 1. The molecule has 0 bridgehead atoms. The van der Waals surface area contributed by atoms with E-state index in [1.165, 1.54) is 25.0 Å². The van der Waals surface area contributed by atoms with E-state index < -0.39 is 75.7 Å². The average molecular weight is 687 g/mol. The van der Waals surface area contributed by atoms with Crippen molar-refractivity contribution < 1.29 is 49.1 Å². The predicted octanol–water partition coefficient (Wildman–Crippen LogP) is 6.28. The Morgan fingerprint density at radius 3 is 1.92 bits per heavy atom. The number of Topliss-reactive ketones (excluding diaryl/α,β-unsaturated/α-hetero) is 4. The van der Waals surface area contributed by atoms with Crippen LogP contribution in [-0.4, -0.2) is 85.5 Å². The summed E-state index contributed by atoms with van der Waals surface area (Å²) in [6, 6.07) is 0.511. The molecule has 0 spiro atoms. The monoisotopic (exact) mass is 686 g/mol. The highest BCUT2D eigenvalue weighted by molar-refractivity contribution is 6.38. The van der Waals surface area contributed by atoms with Gasteiger partial charge in [-0.3, -0.25) is 24.2 Å². The topological polar surface area (TPSA) is 191 Å². The molecule has 12 heteroatoms. The van der Waals surface area contributed by atoms with Crippen LogP contribution in [-0.2, 0) is 4.74 Å². The van der Waals surface area contributed by atoms with Crippen molar-refractivity contribution in [1.29, 1.82) is 0 Å². The number of likely N-dealkylation sites (tertiary alicyclic amines) is 1. The maximum absolute atomic E-state index is 14.7. The zero-order valence-electron chi connectivity index (χ0n) is 29.6. The number of hydrogen-bond donors (Lipinski definition) is 4. The van der Waals surface area contributed by atoms with Gasteiger partial charge >= 0.3 is 6.09 Å². The Morgan fingerprint density at radius 1 is 0.820 bits per heavy atom. The second-order valence-corrected chi connectivity index (χ2v) is 14.6. The number of phenolic OH excluding ortho intramolecular Hbond substituents is 4. The van der Waals surface area contributed by atoms with Crippen LogP contribution in [0.15, 0.2) is 33.4 Å². The minimum absolute atomic E-state index is 0.0347. The number of phenols is 4. The molecule has 1 aliphatic heterocycles. The van der Waals surface area contributed by atoms with Gasteiger partial charge in [-0.1, -0.05) is 27.7 Å². The zero-order valence-corrected chi connectivity index (χ0v) is 29.6. The molecule has 12 nitrogen and oxygen atoms in total. The molecule has 3 aliphatic rings. The van der Waals surface area contributed by atoms with Gasteiger partial charge in [0.15, 0.2) is 46.1 Å². The Balaban J connectivity index is 1.66. The third-order valence-electron chi connectivity index (χ3n) is 9.29. The van der Waals surface area contributed by atoms with Crippen LogP contribution in [0.3, 0.4) is 0 Å². The molecule has 1 atom stereocenters. The quantitative estimate of drug-likeness (QED) is 0.206. The second kappa shape index (κ2) is 12.6. The van der Waals surface area contributed by atoms with Crippen LogP contribution in [0.4, 0.5) is 4.79 Å². The third kappa shape index (κ3) is 5.76. The number of carbonyl (C=O) groups is 5. The summed E-state index contributed by atoms with van der Waals surface area (Å²) >= 11 is 0. The number of hydrogen-bond acceptors (Lipinski definition) is 11. The van der Waals surface area contributed by atoms with Gasteiger partial charge in [-0.2, -0.15) is 0 Å². The number of carbonyl (C=O) groups excluding carboxylic acids is 5. The first-order valence-corrected chi connectivity index (χ1v) is 16.5. The number of rotatable bonds is 5. The van der Waals surface area contributed by atoms with E-state index in [2.05, 4.69) is 4.99 Å². The van der Waals surface area contributed by atoms with E-state index in [0.29, 0.717) is 13.0 Å².